The van der Waals surface area contributed by atoms with Crippen molar-refractivity contribution in [1.82, 2.24) is 19.6 Å². The predicted octanol–water partition coefficient (Wildman–Crippen LogP) is 8.70. The van der Waals surface area contributed by atoms with Crippen LogP contribution in [-0.2, 0) is 19.2 Å². The van der Waals surface area contributed by atoms with E-state index in [1.54, 1.807) is 4.90 Å². The minimum Gasteiger partial charge on any atom is -0.326 e. The van der Waals surface area contributed by atoms with E-state index in [2.05, 4.69) is 22.0 Å². The quantitative estimate of drug-likeness (QED) is 0.131. The molecular formula is C53H62N4O4. The number of carbonyl (C=O) groups excluding carboxylic acids is 4. The molecule has 4 aromatic carbocycles. The van der Waals surface area contributed by atoms with E-state index < -0.39 is 11.8 Å². The second kappa shape index (κ2) is 22.6. The lowest BCUT2D eigenvalue weighted by molar-refractivity contribution is -0.151. The number of carbonyl (C=O) groups is 4. The van der Waals surface area contributed by atoms with E-state index in [1.165, 1.54) is 11.3 Å². The first kappa shape index (κ1) is 46.1. The smallest absolute Gasteiger partial charge is 0.312 e. The van der Waals surface area contributed by atoms with Gasteiger partial charge in [-0.2, -0.15) is 0 Å². The fourth-order valence-electron chi connectivity index (χ4n) is 8.28. The Kier molecular flexibility index (Phi) is 17.1. The third kappa shape index (κ3) is 13.5. The van der Waals surface area contributed by atoms with Crippen molar-refractivity contribution < 1.29 is 19.2 Å². The first-order valence-corrected chi connectivity index (χ1v) is 21.0. The summed E-state index contributed by atoms with van der Waals surface area (Å²) in [5, 5.41) is 0. The summed E-state index contributed by atoms with van der Waals surface area (Å²) in [7, 11) is 8.18. The molecule has 0 spiro atoms. The van der Waals surface area contributed by atoms with Crippen LogP contribution in [0.2, 0.25) is 0 Å². The fourth-order valence-corrected chi connectivity index (χ4v) is 8.28. The highest BCUT2D eigenvalue weighted by Crippen LogP contribution is 2.28. The highest BCUT2D eigenvalue weighted by atomic mass is 16.2. The lowest BCUT2D eigenvalue weighted by Crippen LogP contribution is -2.51. The number of nitrogens with zero attached hydrogens (tertiary/aromatic N) is 4. The van der Waals surface area contributed by atoms with Gasteiger partial charge in [0.05, 0.1) is 13.1 Å². The van der Waals surface area contributed by atoms with Crippen LogP contribution in [0.4, 0.5) is 0 Å². The second-order valence-corrected chi connectivity index (χ2v) is 16.7. The maximum atomic E-state index is 14.0. The maximum Gasteiger partial charge on any atom is 0.312 e. The number of benzene rings is 4. The van der Waals surface area contributed by atoms with Gasteiger partial charge >= 0.3 is 11.8 Å². The number of amides is 2. The Balaban J connectivity index is 0.000000374. The molecule has 0 bridgehead atoms. The van der Waals surface area contributed by atoms with E-state index >= 15 is 0 Å². The summed E-state index contributed by atoms with van der Waals surface area (Å²) < 4.78 is 0. The van der Waals surface area contributed by atoms with Crippen molar-refractivity contribution >= 4 is 47.7 Å². The third-order valence-corrected chi connectivity index (χ3v) is 11.0. The molecule has 2 amide bonds. The van der Waals surface area contributed by atoms with Crippen LogP contribution in [0.25, 0.3) is 24.3 Å². The summed E-state index contributed by atoms with van der Waals surface area (Å²) in [6.07, 6.45) is 11.9. The molecule has 2 aliphatic heterocycles. The SMILES string of the molecule is C.CN(C)CC1CCCC(CN(C)C)C1=O.O=C1/C(=C/c2ccccc2)CN(C(=O)C(=O)N2C/C(=C\c3ccccc3)C/C(=C/c3ccccc3)C2)C/C1=C\c1ccccc1. The van der Waals surface area contributed by atoms with Gasteiger partial charge in [-0.1, -0.05) is 147 Å². The van der Waals surface area contributed by atoms with Crippen LogP contribution in [-0.4, -0.2) is 110 Å². The van der Waals surface area contributed by atoms with Crippen LogP contribution in [0.1, 0.15) is 55.4 Å². The Hall–Kier alpha value is -5.96. The topological polar surface area (TPSA) is 81.2 Å². The molecule has 0 N–H and O–H groups in total. The van der Waals surface area contributed by atoms with Gasteiger partial charge in [-0.25, -0.2) is 0 Å². The van der Waals surface area contributed by atoms with E-state index in [-0.39, 0.29) is 38.1 Å². The molecule has 2 unspecified atom stereocenters. The van der Waals surface area contributed by atoms with Gasteiger partial charge < -0.3 is 19.6 Å². The van der Waals surface area contributed by atoms with E-state index in [1.807, 2.05) is 162 Å². The Morgan fingerprint density at radius 1 is 0.525 bits per heavy atom. The van der Waals surface area contributed by atoms with E-state index in [0.717, 1.165) is 59.3 Å². The normalized spacial score (nSPS) is 20.8. The Labute approximate surface area is 363 Å². The number of piperidine rings is 2. The van der Waals surface area contributed by atoms with Gasteiger partial charge in [0.1, 0.15) is 5.78 Å². The fraction of sp³-hybridized carbons (Fsp3) is 0.321. The van der Waals surface area contributed by atoms with Crippen LogP contribution in [0, 0.1) is 11.8 Å². The molecule has 4 aromatic rings. The molecule has 2 atom stereocenters. The largest absolute Gasteiger partial charge is 0.326 e. The van der Waals surface area contributed by atoms with Gasteiger partial charge in [0.15, 0.2) is 5.78 Å². The highest BCUT2D eigenvalue weighted by Gasteiger charge is 2.36. The molecule has 1 saturated carbocycles. The molecule has 0 radical (unpaired) electrons. The number of ketones is 2. The molecule has 8 nitrogen and oxygen atoms in total. The van der Waals surface area contributed by atoms with Crippen molar-refractivity contribution in [1.29, 1.82) is 0 Å². The van der Waals surface area contributed by atoms with Crippen molar-refractivity contribution in [2.45, 2.75) is 33.1 Å². The highest BCUT2D eigenvalue weighted by molar-refractivity contribution is 6.35. The Morgan fingerprint density at radius 3 is 1.20 bits per heavy atom. The van der Waals surface area contributed by atoms with Crippen molar-refractivity contribution in [2.24, 2.45) is 11.8 Å². The minimum atomic E-state index is -0.611. The minimum absolute atomic E-state index is 0. The predicted molar refractivity (Wildman–Crippen MR) is 250 cm³/mol. The molecule has 0 aromatic heterocycles. The average molecular weight is 819 g/mol. The third-order valence-electron chi connectivity index (χ3n) is 11.0. The van der Waals surface area contributed by atoms with Gasteiger partial charge in [-0.3, -0.25) is 19.2 Å². The molecule has 2 saturated heterocycles. The van der Waals surface area contributed by atoms with Crippen LogP contribution in [0.3, 0.4) is 0 Å². The maximum absolute atomic E-state index is 14.0. The zero-order chi connectivity index (χ0) is 42.4. The van der Waals surface area contributed by atoms with E-state index in [4.69, 9.17) is 0 Å². The molecule has 1 aliphatic carbocycles. The van der Waals surface area contributed by atoms with Crippen LogP contribution >= 0.6 is 0 Å². The van der Waals surface area contributed by atoms with Crippen molar-refractivity contribution in [3.8, 4) is 0 Å². The Morgan fingerprint density at radius 2 is 0.852 bits per heavy atom. The van der Waals surface area contributed by atoms with Gasteiger partial charge in [0.2, 0.25) is 0 Å². The summed E-state index contributed by atoms with van der Waals surface area (Å²) in [4.78, 5) is 61.1. The molecule has 318 valence electrons. The number of hydrogen-bond donors (Lipinski definition) is 0. The number of likely N-dealkylation sites (tertiary alicyclic amines) is 2. The van der Waals surface area contributed by atoms with Crippen LogP contribution in [0.5, 0.6) is 0 Å². The lowest BCUT2D eigenvalue weighted by Gasteiger charge is -2.34. The molecule has 61 heavy (non-hydrogen) atoms. The zero-order valence-electron chi connectivity index (χ0n) is 35.5. The van der Waals surface area contributed by atoms with Gasteiger partial charge in [-0.05, 0) is 93.0 Å². The monoisotopic (exact) mass is 818 g/mol. The van der Waals surface area contributed by atoms with Crippen molar-refractivity contribution in [3.05, 3.63) is 166 Å². The molecular weight excluding hydrogens is 757 g/mol. The zero-order valence-corrected chi connectivity index (χ0v) is 35.5. The second-order valence-electron chi connectivity index (χ2n) is 16.7. The summed E-state index contributed by atoms with van der Waals surface area (Å²) in [6.45, 7) is 2.69. The van der Waals surface area contributed by atoms with Crippen LogP contribution in [0.15, 0.2) is 144 Å². The molecule has 3 fully saturated rings. The molecule has 8 heteroatoms. The average Bonchev–Trinajstić information content (AvgIpc) is 3.24. The van der Waals surface area contributed by atoms with Gasteiger partial charge in [0, 0.05) is 49.2 Å². The summed E-state index contributed by atoms with van der Waals surface area (Å²) in [5.41, 5.74) is 6.89. The van der Waals surface area contributed by atoms with E-state index in [0.29, 0.717) is 36.4 Å². The Bertz CT molecular complexity index is 2070. The van der Waals surface area contributed by atoms with Crippen LogP contribution < -0.4 is 0 Å². The van der Waals surface area contributed by atoms with Crippen molar-refractivity contribution in [2.75, 3.05) is 67.5 Å². The summed E-state index contributed by atoms with van der Waals surface area (Å²) in [6, 6.07) is 39.2. The van der Waals surface area contributed by atoms with Crippen molar-refractivity contribution in [3.63, 3.8) is 0 Å². The number of hydrogen-bond acceptors (Lipinski definition) is 6. The molecule has 3 aliphatic rings. The van der Waals surface area contributed by atoms with Gasteiger partial charge in [0.25, 0.3) is 0 Å². The number of Topliss-reactive ketones (excluding diaryl/α,β-unsaturated/α-hetero) is 2. The molecule has 7 rings (SSSR count). The summed E-state index contributed by atoms with van der Waals surface area (Å²) in [5.74, 6) is -0.250. The first-order valence-electron chi connectivity index (χ1n) is 21.0. The standard InChI is InChI=1S/C40H34N2O3.C12H24N2O.CH4/c43-38-36(24-32-17-9-3-10-18-32)28-42(29-37(38)25-33-19-11-4-12-20-33)40(45)39(44)41-26-34(21-30-13-5-1-6-14-30)23-35(27-41)22-31-15-7-2-8-16-31;1-13(2)8-10-6-5-7-11(12(10)15)9-14(3)4;/h1-22,24-25H,23,26-29H2;10-11H,5-9H2,1-4H3;1H4/b34-21-,35-22-,36-24+,37-25+;;. The first-order chi connectivity index (χ1) is 29.0. The number of rotatable bonds is 8. The summed E-state index contributed by atoms with van der Waals surface area (Å²) >= 11 is 0. The molecule has 2 heterocycles. The lowest BCUT2D eigenvalue weighted by atomic mass is 9.79. The van der Waals surface area contributed by atoms with Gasteiger partial charge in [-0.15, -0.1) is 0 Å². The van der Waals surface area contributed by atoms with E-state index in [9.17, 15) is 19.2 Å².